The van der Waals surface area contributed by atoms with Gasteiger partial charge in [0.2, 0.25) is 17.7 Å². The van der Waals surface area contributed by atoms with E-state index in [0.29, 0.717) is 38.2 Å². The van der Waals surface area contributed by atoms with E-state index in [4.69, 9.17) is 9.47 Å². The number of hydrogen-bond acceptors (Lipinski definition) is 9. The second-order valence-corrected chi connectivity index (χ2v) is 13.3. The Morgan fingerprint density at radius 1 is 0.956 bits per heavy atom. The van der Waals surface area contributed by atoms with Gasteiger partial charge in [0.1, 0.15) is 17.5 Å². The highest BCUT2D eigenvalue weighted by Gasteiger charge is 2.57. The number of para-hydroxylation sites is 1. The van der Waals surface area contributed by atoms with Crippen LogP contribution in [0.4, 0.5) is 11.4 Å². The molecule has 0 spiro atoms. The zero-order valence-electron chi connectivity index (χ0n) is 24.0. The number of methoxy groups -OCH3 is 1. The number of halogens is 1. The van der Waals surface area contributed by atoms with Crippen molar-refractivity contribution in [2.75, 3.05) is 23.9 Å². The van der Waals surface area contributed by atoms with Crippen molar-refractivity contribution in [3.05, 3.63) is 103 Å². The fraction of sp³-hybridized carbons (Fsp3) is 0.219. The minimum absolute atomic E-state index is 0.247. The molecule has 2 aliphatic rings. The van der Waals surface area contributed by atoms with Gasteiger partial charge < -0.3 is 14.8 Å². The van der Waals surface area contributed by atoms with Crippen molar-refractivity contribution in [2.24, 2.45) is 5.92 Å². The van der Waals surface area contributed by atoms with E-state index in [0.717, 1.165) is 27.6 Å². The van der Waals surface area contributed by atoms with Crippen LogP contribution < -0.4 is 19.8 Å². The van der Waals surface area contributed by atoms with E-state index in [1.807, 2.05) is 18.2 Å². The number of rotatable bonds is 8. The topological polar surface area (TPSA) is 124 Å². The summed E-state index contributed by atoms with van der Waals surface area (Å²) < 4.78 is 12.8. The Bertz CT molecular complexity index is 1870. The summed E-state index contributed by atoms with van der Waals surface area (Å²) in [6.45, 7) is 1.65. The monoisotopic (exact) mass is 707 g/mol. The second kappa shape index (κ2) is 12.7. The van der Waals surface area contributed by atoms with Crippen LogP contribution in [0.2, 0.25) is 0 Å². The van der Waals surface area contributed by atoms with Crippen LogP contribution in [-0.4, -0.2) is 47.2 Å². The maximum absolute atomic E-state index is 14.1. The minimum Gasteiger partial charge on any atom is -0.496 e. The Hall–Kier alpha value is -4.20. The van der Waals surface area contributed by atoms with Gasteiger partial charge in [-0.1, -0.05) is 57.2 Å². The minimum atomic E-state index is -0.831. The van der Waals surface area contributed by atoms with E-state index < -0.39 is 29.0 Å². The Morgan fingerprint density at radius 3 is 2.36 bits per heavy atom. The summed E-state index contributed by atoms with van der Waals surface area (Å²) in [7, 11) is 1.53. The third-order valence-electron chi connectivity index (χ3n) is 7.59. The zero-order valence-corrected chi connectivity index (χ0v) is 27.2. The average Bonchev–Trinajstić information content (AvgIpc) is 3.48. The van der Waals surface area contributed by atoms with Gasteiger partial charge in [0, 0.05) is 26.5 Å². The molecule has 10 nitrogen and oxygen atoms in total. The Balaban J connectivity index is 1.35. The van der Waals surface area contributed by atoms with Gasteiger partial charge >= 0.3 is 10.8 Å². The number of hydrogen-bond donors (Lipinski definition) is 1. The third kappa shape index (κ3) is 5.71. The highest BCUT2D eigenvalue weighted by atomic mass is 79.9. The number of esters is 1. The van der Waals surface area contributed by atoms with Gasteiger partial charge in [-0.25, -0.2) is 9.69 Å². The zero-order chi connectivity index (χ0) is 31.8. The predicted molar refractivity (Wildman–Crippen MR) is 174 cm³/mol. The third-order valence-corrected chi connectivity index (χ3v) is 10.7. The number of amides is 3. The summed E-state index contributed by atoms with van der Waals surface area (Å²) in [5, 5.41) is 2.40. The van der Waals surface area contributed by atoms with Crippen molar-refractivity contribution >= 4 is 74.1 Å². The van der Waals surface area contributed by atoms with Crippen LogP contribution in [0.5, 0.6) is 5.75 Å². The number of thioether (sulfide) groups is 1. The molecule has 3 amide bonds. The first-order chi connectivity index (χ1) is 21.7. The molecular weight excluding hydrogens is 682 g/mol. The molecule has 2 aliphatic heterocycles. The second-order valence-electron chi connectivity index (χ2n) is 10.2. The molecule has 1 saturated heterocycles. The molecule has 6 rings (SSSR count). The smallest absolute Gasteiger partial charge is 0.338 e. The summed E-state index contributed by atoms with van der Waals surface area (Å²) in [6, 6.07) is 20.4. The van der Waals surface area contributed by atoms with Crippen molar-refractivity contribution < 1.29 is 28.7 Å². The number of anilines is 2. The molecule has 230 valence electrons. The summed E-state index contributed by atoms with van der Waals surface area (Å²) in [5.41, 5.74) is 1.91. The number of carbonyl (C=O) groups is 4. The first-order valence-corrected chi connectivity index (χ1v) is 16.4. The lowest BCUT2D eigenvalue weighted by Gasteiger charge is -2.31. The van der Waals surface area contributed by atoms with Crippen molar-refractivity contribution in [1.82, 2.24) is 4.57 Å². The van der Waals surface area contributed by atoms with Crippen molar-refractivity contribution in [2.45, 2.75) is 29.7 Å². The van der Waals surface area contributed by atoms with Crippen LogP contribution in [0.15, 0.2) is 87.1 Å². The lowest BCUT2D eigenvalue weighted by atomic mass is 9.82. The average molecular weight is 709 g/mol. The highest BCUT2D eigenvalue weighted by molar-refractivity contribution is 9.10. The molecule has 1 fully saturated rings. The molecule has 0 radical (unpaired) electrons. The van der Waals surface area contributed by atoms with Crippen LogP contribution in [0, 0.1) is 5.92 Å². The first-order valence-electron chi connectivity index (χ1n) is 13.9. The van der Waals surface area contributed by atoms with E-state index in [1.165, 1.54) is 16.6 Å². The van der Waals surface area contributed by atoms with E-state index >= 15 is 0 Å². The number of ether oxygens (including phenoxy) is 2. The molecule has 3 heterocycles. The van der Waals surface area contributed by atoms with Crippen molar-refractivity contribution in [3.8, 4) is 5.75 Å². The highest BCUT2D eigenvalue weighted by Crippen LogP contribution is 2.55. The molecule has 0 aliphatic carbocycles. The van der Waals surface area contributed by atoms with Gasteiger partial charge in [-0.2, -0.15) is 0 Å². The van der Waals surface area contributed by atoms with Crippen LogP contribution in [0.25, 0.3) is 0 Å². The number of carbonyl (C=O) groups excluding carboxylic acids is 4. The number of imide groups is 1. The van der Waals surface area contributed by atoms with Gasteiger partial charge in [0.05, 0.1) is 35.9 Å². The van der Waals surface area contributed by atoms with Gasteiger partial charge in [0.25, 0.3) is 0 Å². The predicted octanol–water partition coefficient (Wildman–Crippen LogP) is 5.29. The molecule has 1 N–H and O–H groups in total. The van der Waals surface area contributed by atoms with E-state index in [2.05, 4.69) is 21.2 Å². The van der Waals surface area contributed by atoms with E-state index in [-0.39, 0.29) is 29.8 Å². The largest absolute Gasteiger partial charge is 0.496 e. The molecule has 3 atom stereocenters. The van der Waals surface area contributed by atoms with E-state index in [1.54, 1.807) is 61.5 Å². The molecule has 45 heavy (non-hydrogen) atoms. The molecule has 13 heteroatoms. The molecule has 4 aromatic rings. The molecule has 0 saturated carbocycles. The van der Waals surface area contributed by atoms with E-state index in [9.17, 15) is 24.0 Å². The van der Waals surface area contributed by atoms with Crippen molar-refractivity contribution in [1.29, 1.82) is 0 Å². The SMILES string of the molecule is CCOC(=O)c1ccc(NC(=O)Cn2c3c(sc2=O)[C@@H](c2ccccc2OC)[C@@H]2C(=O)N(c4ccc(Br)cc4)C(=O)[C@@H]2S3)cc1. The standard InChI is InChI=1S/C32H26BrN3O7S2/c1-3-43-31(40)17-8-12-19(13-9-17)34-23(37)16-35-30-27(45-32(35)41)24(21-6-4-5-7-22(21)42-2)25-26(44-30)29(39)36(28(25)38)20-14-10-18(33)11-15-20/h4-15,24-26H,3,16H2,1-2H3,(H,34,37)/t24-,25-,26+/m0/s1. The number of nitrogens with zero attached hydrogens (tertiary/aromatic N) is 2. The fourth-order valence-corrected chi connectivity index (χ4v) is 8.64. The molecular formula is C32H26BrN3O7S2. The molecule has 3 aromatic carbocycles. The molecule has 1 aromatic heterocycles. The fourth-order valence-electron chi connectivity index (χ4n) is 5.61. The Morgan fingerprint density at radius 2 is 1.67 bits per heavy atom. The van der Waals surface area contributed by atoms with Crippen LogP contribution in [-0.2, 0) is 25.7 Å². The van der Waals surface area contributed by atoms with Gasteiger partial charge in [-0.15, -0.1) is 0 Å². The summed E-state index contributed by atoms with van der Waals surface area (Å²) >= 11 is 5.49. The van der Waals surface area contributed by atoms with Gasteiger partial charge in [0.15, 0.2) is 0 Å². The van der Waals surface area contributed by atoms with Crippen molar-refractivity contribution in [3.63, 3.8) is 0 Å². The quantitative estimate of drug-likeness (QED) is 0.194. The Kier molecular flexibility index (Phi) is 8.67. The number of aromatic nitrogens is 1. The Labute approximate surface area is 274 Å². The summed E-state index contributed by atoms with van der Waals surface area (Å²) in [4.78, 5) is 68.0. The maximum atomic E-state index is 14.1. The lowest BCUT2D eigenvalue weighted by Crippen LogP contribution is -2.33. The number of fused-ring (bicyclic) bond motifs is 2. The molecule has 0 bridgehead atoms. The lowest BCUT2D eigenvalue weighted by molar-refractivity contribution is -0.122. The number of thiazole rings is 1. The van der Waals surface area contributed by atoms with Crippen LogP contribution in [0.3, 0.4) is 0 Å². The summed E-state index contributed by atoms with van der Waals surface area (Å²) in [5.74, 6) is -2.62. The van der Waals surface area contributed by atoms with Crippen LogP contribution >= 0.6 is 39.0 Å². The normalized spacial score (nSPS) is 18.7. The first kappa shape index (κ1) is 30.8. The maximum Gasteiger partial charge on any atom is 0.338 e. The summed E-state index contributed by atoms with van der Waals surface area (Å²) in [6.07, 6.45) is 0. The van der Waals surface area contributed by atoms with Gasteiger partial charge in [-0.3, -0.25) is 23.7 Å². The van der Waals surface area contributed by atoms with Crippen LogP contribution in [0.1, 0.15) is 33.6 Å². The number of nitrogens with one attached hydrogen (secondary N) is 1. The van der Waals surface area contributed by atoms with Gasteiger partial charge in [-0.05, 0) is 61.5 Å². The number of benzene rings is 3. The molecule has 0 unspecified atom stereocenters.